The quantitative estimate of drug-likeness (QED) is 0.821. The lowest BCUT2D eigenvalue weighted by Gasteiger charge is -2.40. The van der Waals surface area contributed by atoms with Gasteiger partial charge in [-0.05, 0) is 36.1 Å². The van der Waals surface area contributed by atoms with Crippen LogP contribution >= 0.6 is 0 Å². The van der Waals surface area contributed by atoms with Crippen LogP contribution in [0.5, 0.6) is 5.75 Å². The highest BCUT2D eigenvalue weighted by Crippen LogP contribution is 2.35. The summed E-state index contributed by atoms with van der Waals surface area (Å²) in [5.74, 6) is 1.67. The molecule has 2 aromatic rings. The lowest BCUT2D eigenvalue weighted by molar-refractivity contribution is -0.136. The Balaban J connectivity index is 1.37. The standard InChI is InChI=1S/C20H23N5O2/c1-27-19-3-2-15(9-17(19)18-4-6-22-23-18)16-11-25(12-16)20(26)8-14-5-7-24(10-14)13-21/h2-4,6,9,14,16H,5,7-8,10-12H2,1H3,(H,22,23)/t14-/m1/s1. The number of H-pyrrole nitrogens is 1. The van der Waals surface area contributed by atoms with E-state index >= 15 is 0 Å². The van der Waals surface area contributed by atoms with Crippen molar-refractivity contribution in [3.05, 3.63) is 36.0 Å². The zero-order valence-electron chi connectivity index (χ0n) is 15.4. The van der Waals surface area contributed by atoms with E-state index in [1.807, 2.05) is 17.0 Å². The van der Waals surface area contributed by atoms with Crippen molar-refractivity contribution < 1.29 is 9.53 Å². The summed E-state index contributed by atoms with van der Waals surface area (Å²) < 4.78 is 5.47. The van der Waals surface area contributed by atoms with Gasteiger partial charge in [-0.25, -0.2) is 0 Å². The van der Waals surface area contributed by atoms with E-state index in [0.717, 1.165) is 43.1 Å². The minimum absolute atomic E-state index is 0.207. The van der Waals surface area contributed by atoms with Crippen molar-refractivity contribution >= 4 is 5.91 Å². The van der Waals surface area contributed by atoms with Gasteiger partial charge in [0.1, 0.15) is 5.75 Å². The van der Waals surface area contributed by atoms with Gasteiger partial charge in [0.05, 0.1) is 12.8 Å². The van der Waals surface area contributed by atoms with Crippen LogP contribution in [0.3, 0.4) is 0 Å². The van der Waals surface area contributed by atoms with E-state index in [9.17, 15) is 4.79 Å². The molecule has 2 saturated heterocycles. The minimum atomic E-state index is 0.207. The molecule has 0 aliphatic carbocycles. The van der Waals surface area contributed by atoms with Gasteiger partial charge < -0.3 is 14.5 Å². The monoisotopic (exact) mass is 365 g/mol. The topological polar surface area (TPSA) is 85.2 Å². The number of benzene rings is 1. The Morgan fingerprint density at radius 1 is 1.37 bits per heavy atom. The Bertz CT molecular complexity index is 852. The molecule has 2 aliphatic heterocycles. The molecule has 1 aromatic carbocycles. The fourth-order valence-corrected chi connectivity index (χ4v) is 3.96. The Morgan fingerprint density at radius 3 is 2.89 bits per heavy atom. The summed E-state index contributed by atoms with van der Waals surface area (Å²) in [6.45, 7) is 3.00. The molecule has 1 amide bonds. The van der Waals surface area contributed by atoms with Crippen molar-refractivity contribution in [1.82, 2.24) is 20.0 Å². The lowest BCUT2D eigenvalue weighted by atomic mass is 9.89. The number of nitrogens with one attached hydrogen (secondary N) is 1. The number of hydrogen-bond acceptors (Lipinski definition) is 5. The molecule has 0 saturated carbocycles. The van der Waals surface area contributed by atoms with Gasteiger partial charge in [-0.15, -0.1) is 0 Å². The maximum Gasteiger partial charge on any atom is 0.222 e. The number of ether oxygens (including phenoxy) is 1. The number of carbonyl (C=O) groups is 1. The highest BCUT2D eigenvalue weighted by molar-refractivity contribution is 5.78. The Kier molecular flexibility index (Phi) is 4.71. The summed E-state index contributed by atoms with van der Waals surface area (Å²) in [5.41, 5.74) is 3.12. The summed E-state index contributed by atoms with van der Waals surface area (Å²) in [7, 11) is 1.66. The molecule has 4 rings (SSSR count). The van der Waals surface area contributed by atoms with E-state index in [0.29, 0.717) is 24.8 Å². The molecule has 1 aromatic heterocycles. The largest absolute Gasteiger partial charge is 0.496 e. The molecule has 0 unspecified atom stereocenters. The number of methoxy groups -OCH3 is 1. The predicted octanol–water partition coefficient (Wildman–Crippen LogP) is 2.20. The number of hydrogen-bond donors (Lipinski definition) is 1. The number of aromatic nitrogens is 2. The fraction of sp³-hybridized carbons (Fsp3) is 0.450. The number of amides is 1. The minimum Gasteiger partial charge on any atom is -0.496 e. The van der Waals surface area contributed by atoms with Gasteiger partial charge in [0, 0.05) is 50.3 Å². The lowest BCUT2D eigenvalue weighted by Crippen LogP contribution is -2.49. The second kappa shape index (κ2) is 7.31. The number of likely N-dealkylation sites (tertiary alicyclic amines) is 2. The predicted molar refractivity (Wildman–Crippen MR) is 99.8 cm³/mol. The number of rotatable bonds is 5. The molecule has 2 fully saturated rings. The van der Waals surface area contributed by atoms with E-state index in [4.69, 9.17) is 10.00 Å². The Morgan fingerprint density at radius 2 is 2.22 bits per heavy atom. The summed E-state index contributed by atoms with van der Waals surface area (Å²) in [4.78, 5) is 16.2. The first-order chi connectivity index (χ1) is 13.2. The van der Waals surface area contributed by atoms with Crippen LogP contribution in [0.1, 0.15) is 24.3 Å². The van der Waals surface area contributed by atoms with Gasteiger partial charge in [-0.1, -0.05) is 6.07 Å². The summed E-state index contributed by atoms with van der Waals surface area (Å²) in [6, 6.07) is 8.10. The number of carbonyl (C=O) groups excluding carboxylic acids is 1. The van der Waals surface area contributed by atoms with Crippen LogP contribution in [-0.2, 0) is 4.79 Å². The maximum atomic E-state index is 12.5. The van der Waals surface area contributed by atoms with Crippen LogP contribution in [0.2, 0.25) is 0 Å². The average molecular weight is 365 g/mol. The van der Waals surface area contributed by atoms with Crippen molar-refractivity contribution in [2.45, 2.75) is 18.8 Å². The Labute approximate surface area is 158 Å². The summed E-state index contributed by atoms with van der Waals surface area (Å²) >= 11 is 0. The summed E-state index contributed by atoms with van der Waals surface area (Å²) in [6.07, 6.45) is 5.38. The smallest absolute Gasteiger partial charge is 0.222 e. The molecule has 0 spiro atoms. The number of nitriles is 1. The van der Waals surface area contributed by atoms with Crippen LogP contribution in [-0.4, -0.2) is 59.2 Å². The van der Waals surface area contributed by atoms with E-state index in [1.54, 1.807) is 18.2 Å². The molecular weight excluding hydrogens is 342 g/mol. The van der Waals surface area contributed by atoms with Crippen molar-refractivity contribution in [3.8, 4) is 23.2 Å². The molecular formula is C20H23N5O2. The van der Waals surface area contributed by atoms with Gasteiger partial charge in [-0.3, -0.25) is 9.89 Å². The van der Waals surface area contributed by atoms with Crippen LogP contribution in [0.4, 0.5) is 0 Å². The highest BCUT2D eigenvalue weighted by Gasteiger charge is 2.34. The zero-order valence-corrected chi connectivity index (χ0v) is 15.4. The molecule has 3 heterocycles. The molecule has 0 bridgehead atoms. The van der Waals surface area contributed by atoms with E-state index in [-0.39, 0.29) is 5.91 Å². The molecule has 140 valence electrons. The summed E-state index contributed by atoms with van der Waals surface area (Å²) in [5, 5.41) is 15.9. The van der Waals surface area contributed by atoms with Crippen LogP contribution in [0, 0.1) is 17.4 Å². The van der Waals surface area contributed by atoms with Gasteiger partial charge in [0.2, 0.25) is 5.91 Å². The molecule has 1 N–H and O–H groups in total. The molecule has 2 aliphatic rings. The molecule has 0 radical (unpaired) electrons. The second-order valence-electron chi connectivity index (χ2n) is 7.33. The fourth-order valence-electron chi connectivity index (χ4n) is 3.96. The third-order valence-electron chi connectivity index (χ3n) is 5.61. The van der Waals surface area contributed by atoms with Crippen molar-refractivity contribution in [2.75, 3.05) is 33.3 Å². The molecule has 7 nitrogen and oxygen atoms in total. The first-order valence-corrected chi connectivity index (χ1v) is 9.28. The van der Waals surface area contributed by atoms with Gasteiger partial charge >= 0.3 is 0 Å². The molecule has 1 atom stereocenters. The average Bonchev–Trinajstić information content (AvgIpc) is 3.32. The Hall–Kier alpha value is -3.01. The first-order valence-electron chi connectivity index (χ1n) is 9.28. The third kappa shape index (κ3) is 3.47. The second-order valence-corrected chi connectivity index (χ2v) is 7.33. The van der Waals surface area contributed by atoms with Gasteiger partial charge in [-0.2, -0.15) is 10.4 Å². The van der Waals surface area contributed by atoms with Crippen LogP contribution in [0.15, 0.2) is 30.5 Å². The third-order valence-corrected chi connectivity index (χ3v) is 5.61. The molecule has 7 heteroatoms. The number of nitrogens with zero attached hydrogens (tertiary/aromatic N) is 4. The SMILES string of the molecule is COc1ccc(C2CN(C(=O)C[C@H]3CCN(C#N)C3)C2)cc1-c1ccn[nH]1. The van der Waals surface area contributed by atoms with Crippen molar-refractivity contribution in [1.29, 1.82) is 5.26 Å². The van der Waals surface area contributed by atoms with E-state index in [1.165, 1.54) is 5.56 Å². The van der Waals surface area contributed by atoms with Crippen LogP contribution < -0.4 is 4.74 Å². The van der Waals surface area contributed by atoms with Gasteiger partial charge in [0.15, 0.2) is 6.19 Å². The van der Waals surface area contributed by atoms with E-state index < -0.39 is 0 Å². The van der Waals surface area contributed by atoms with E-state index in [2.05, 4.69) is 28.5 Å². The molecule has 27 heavy (non-hydrogen) atoms. The van der Waals surface area contributed by atoms with Gasteiger partial charge in [0.25, 0.3) is 0 Å². The highest BCUT2D eigenvalue weighted by atomic mass is 16.5. The van der Waals surface area contributed by atoms with Crippen LogP contribution in [0.25, 0.3) is 11.3 Å². The first kappa shape index (κ1) is 17.4. The normalized spacial score (nSPS) is 19.6. The van der Waals surface area contributed by atoms with Crippen molar-refractivity contribution in [2.24, 2.45) is 5.92 Å². The van der Waals surface area contributed by atoms with Crippen molar-refractivity contribution in [3.63, 3.8) is 0 Å². The maximum absolute atomic E-state index is 12.5. The number of aromatic amines is 1. The zero-order chi connectivity index (χ0) is 18.8.